The summed E-state index contributed by atoms with van der Waals surface area (Å²) in [4.78, 5) is 25.6. The van der Waals surface area contributed by atoms with E-state index in [0.29, 0.717) is 29.2 Å². The Kier molecular flexibility index (Phi) is 8.40. The molecule has 0 bridgehead atoms. The van der Waals surface area contributed by atoms with E-state index in [0.717, 1.165) is 45.2 Å². The van der Waals surface area contributed by atoms with Gasteiger partial charge >= 0.3 is 0 Å². The zero-order chi connectivity index (χ0) is 22.7. The smallest absolute Gasteiger partial charge is 0.238 e. The first-order valence-electron chi connectivity index (χ1n) is 13.0. The highest BCUT2D eigenvalue weighted by molar-refractivity contribution is 7.98. The van der Waals surface area contributed by atoms with Crippen LogP contribution < -0.4 is 20.8 Å². The van der Waals surface area contributed by atoms with E-state index < -0.39 is 0 Å². The van der Waals surface area contributed by atoms with Crippen molar-refractivity contribution >= 4 is 23.8 Å². The zero-order valence-electron chi connectivity index (χ0n) is 20.1. The molecule has 2 aliphatic carbocycles. The highest BCUT2D eigenvalue weighted by Crippen LogP contribution is 2.40. The highest BCUT2D eigenvalue weighted by Gasteiger charge is 2.42. The fourth-order valence-electron chi connectivity index (χ4n) is 6.44. The molecule has 0 aromatic rings. The molecule has 2 heterocycles. The fourth-order valence-corrected chi connectivity index (χ4v) is 7.80. The number of hydrogen-bond donors (Lipinski definition) is 4. The molecule has 0 radical (unpaired) electrons. The topological polar surface area (TPSA) is 85.5 Å². The van der Waals surface area contributed by atoms with E-state index in [-0.39, 0.29) is 29.8 Å². The first-order valence-corrected chi connectivity index (χ1v) is 13.9. The minimum absolute atomic E-state index is 0.0372. The molecule has 32 heavy (non-hydrogen) atoms. The summed E-state index contributed by atoms with van der Waals surface area (Å²) in [6.07, 6.45) is 9.51. The average Bonchev–Trinajstić information content (AvgIpc) is 3.35. The van der Waals surface area contributed by atoms with Crippen LogP contribution in [0.3, 0.4) is 0 Å². The molecular formula is C24H43N5O2S. The molecule has 2 saturated heterocycles. The third-order valence-corrected chi connectivity index (χ3v) is 9.77. The summed E-state index contributed by atoms with van der Waals surface area (Å²) < 4.78 is 3.41. The van der Waals surface area contributed by atoms with E-state index in [2.05, 4.69) is 46.6 Å². The predicted molar refractivity (Wildman–Crippen MR) is 130 cm³/mol. The second-order valence-corrected chi connectivity index (χ2v) is 11.5. The molecule has 6 atom stereocenters. The summed E-state index contributed by atoms with van der Waals surface area (Å²) in [5.74, 6) is 1.52. The Morgan fingerprint density at radius 3 is 2.50 bits per heavy atom. The van der Waals surface area contributed by atoms with Gasteiger partial charge < -0.3 is 10.6 Å². The highest BCUT2D eigenvalue weighted by atomic mass is 32.2. The van der Waals surface area contributed by atoms with Crippen LogP contribution in [0.25, 0.3) is 0 Å². The summed E-state index contributed by atoms with van der Waals surface area (Å²) in [7, 11) is 0. The average molecular weight is 466 g/mol. The Balaban J connectivity index is 1.15. The van der Waals surface area contributed by atoms with Crippen LogP contribution in [-0.2, 0) is 9.59 Å². The number of nitrogens with zero attached hydrogens (tertiary/aromatic N) is 1. The molecule has 0 aromatic carbocycles. The number of amides is 2. The predicted octanol–water partition coefficient (Wildman–Crippen LogP) is 2.58. The Bertz CT molecular complexity index is 656. The van der Waals surface area contributed by atoms with Gasteiger partial charge in [0.1, 0.15) is 0 Å². The molecule has 182 valence electrons. The van der Waals surface area contributed by atoms with Crippen molar-refractivity contribution in [1.82, 2.24) is 25.8 Å². The molecule has 7 nitrogen and oxygen atoms in total. The number of hydrogen-bond acceptors (Lipinski definition) is 6. The zero-order valence-corrected chi connectivity index (χ0v) is 20.9. The van der Waals surface area contributed by atoms with E-state index in [9.17, 15) is 9.59 Å². The van der Waals surface area contributed by atoms with Crippen LogP contribution in [0, 0.1) is 17.8 Å². The van der Waals surface area contributed by atoms with Gasteiger partial charge in [-0.3, -0.25) is 19.7 Å². The van der Waals surface area contributed by atoms with Gasteiger partial charge in [-0.1, -0.05) is 31.7 Å². The number of hydrazine groups is 1. The molecule has 2 amide bonds. The van der Waals surface area contributed by atoms with Crippen molar-refractivity contribution in [2.75, 3.05) is 13.1 Å². The lowest BCUT2D eigenvalue weighted by atomic mass is 9.82. The second kappa shape index (κ2) is 11.1. The number of carbonyl (C=O) groups excluding carboxylic acids is 2. The number of nitrogens with one attached hydrogen (secondary N) is 4. The van der Waals surface area contributed by atoms with Crippen LogP contribution in [0.15, 0.2) is 0 Å². The van der Waals surface area contributed by atoms with Crippen molar-refractivity contribution in [3.63, 3.8) is 0 Å². The van der Waals surface area contributed by atoms with Gasteiger partial charge in [0.05, 0.1) is 6.04 Å². The maximum Gasteiger partial charge on any atom is 0.238 e. The van der Waals surface area contributed by atoms with Crippen LogP contribution in [0.5, 0.6) is 0 Å². The van der Waals surface area contributed by atoms with Gasteiger partial charge in [0.25, 0.3) is 0 Å². The van der Waals surface area contributed by atoms with Gasteiger partial charge in [-0.2, -0.15) is 0 Å². The van der Waals surface area contributed by atoms with E-state index in [1.165, 1.54) is 25.7 Å². The SMILES string of the molecule is CCN1NC(C)C(CCNC(=O)C2CCC(NC(=O)C3NSC4CCCCC43)CC2)C1C. The summed E-state index contributed by atoms with van der Waals surface area (Å²) in [5, 5.41) is 9.41. The first-order chi connectivity index (χ1) is 15.5. The Morgan fingerprint density at radius 1 is 1.03 bits per heavy atom. The maximum atomic E-state index is 12.9. The largest absolute Gasteiger partial charge is 0.356 e. The Labute approximate surface area is 198 Å². The van der Waals surface area contributed by atoms with Crippen molar-refractivity contribution < 1.29 is 9.59 Å². The number of rotatable bonds is 7. The summed E-state index contributed by atoms with van der Waals surface area (Å²) in [6, 6.07) is 1.14. The lowest BCUT2D eigenvalue weighted by Crippen LogP contribution is -2.49. The van der Waals surface area contributed by atoms with Crippen molar-refractivity contribution in [3.8, 4) is 0 Å². The van der Waals surface area contributed by atoms with Gasteiger partial charge in [-0.25, -0.2) is 5.01 Å². The molecule has 4 aliphatic rings. The van der Waals surface area contributed by atoms with Crippen LogP contribution in [0.1, 0.15) is 78.6 Å². The van der Waals surface area contributed by atoms with Crippen molar-refractivity contribution in [2.45, 2.75) is 108 Å². The quantitative estimate of drug-likeness (QED) is 0.433. The minimum atomic E-state index is -0.0372. The third-order valence-electron chi connectivity index (χ3n) is 8.50. The summed E-state index contributed by atoms with van der Waals surface area (Å²) in [6.45, 7) is 8.44. The molecule has 2 saturated carbocycles. The van der Waals surface area contributed by atoms with Gasteiger partial charge in [-0.15, -0.1) is 0 Å². The molecule has 8 heteroatoms. The minimum Gasteiger partial charge on any atom is -0.356 e. The Morgan fingerprint density at radius 2 is 1.78 bits per heavy atom. The molecule has 4 rings (SSSR count). The number of fused-ring (bicyclic) bond motifs is 1. The molecule has 4 fully saturated rings. The summed E-state index contributed by atoms with van der Waals surface area (Å²) >= 11 is 1.78. The van der Waals surface area contributed by atoms with Crippen LogP contribution in [-0.4, -0.2) is 59.3 Å². The van der Waals surface area contributed by atoms with Crippen molar-refractivity contribution in [2.24, 2.45) is 17.8 Å². The molecule has 6 unspecified atom stereocenters. The second-order valence-electron chi connectivity index (χ2n) is 10.4. The van der Waals surface area contributed by atoms with E-state index in [4.69, 9.17) is 0 Å². The van der Waals surface area contributed by atoms with Crippen LogP contribution >= 0.6 is 11.9 Å². The summed E-state index contributed by atoms with van der Waals surface area (Å²) in [5.41, 5.74) is 3.54. The molecule has 2 aliphatic heterocycles. The molecular weight excluding hydrogens is 422 g/mol. The third kappa shape index (κ3) is 5.45. The van der Waals surface area contributed by atoms with Gasteiger partial charge in [-0.05, 0) is 70.6 Å². The fraction of sp³-hybridized carbons (Fsp3) is 0.917. The van der Waals surface area contributed by atoms with E-state index in [1.807, 2.05) is 0 Å². The lowest BCUT2D eigenvalue weighted by Gasteiger charge is -2.31. The molecule has 4 N–H and O–H groups in total. The molecule has 0 aromatic heterocycles. The van der Waals surface area contributed by atoms with Gasteiger partial charge in [0, 0.05) is 42.4 Å². The Hall–Kier alpha value is -0.830. The molecule has 0 spiro atoms. The van der Waals surface area contributed by atoms with E-state index >= 15 is 0 Å². The van der Waals surface area contributed by atoms with Crippen LogP contribution in [0.4, 0.5) is 0 Å². The van der Waals surface area contributed by atoms with E-state index in [1.54, 1.807) is 11.9 Å². The normalized spacial score (nSPS) is 40.1. The first kappa shape index (κ1) is 24.3. The van der Waals surface area contributed by atoms with Gasteiger partial charge in [0.2, 0.25) is 11.8 Å². The van der Waals surface area contributed by atoms with Crippen molar-refractivity contribution in [3.05, 3.63) is 0 Å². The number of carbonyl (C=O) groups is 2. The van der Waals surface area contributed by atoms with Crippen LogP contribution in [0.2, 0.25) is 0 Å². The van der Waals surface area contributed by atoms with Gasteiger partial charge in [0.15, 0.2) is 0 Å². The lowest BCUT2D eigenvalue weighted by molar-refractivity contribution is -0.126. The standard InChI is InChI=1S/C24H43N5O2S/c1-4-29-16(3)19(15(2)27-29)13-14-25-23(30)17-9-11-18(12-10-17)26-24(31)22-20-7-5-6-8-21(20)32-28-22/h15-22,27-28H,4-14H2,1-3H3,(H,25,30)(H,26,31). The van der Waals surface area contributed by atoms with Crippen molar-refractivity contribution in [1.29, 1.82) is 0 Å². The monoisotopic (exact) mass is 465 g/mol. The maximum absolute atomic E-state index is 12.9.